The highest BCUT2D eigenvalue weighted by atomic mass is 31.2. The molecule has 3 N–H and O–H groups in total. The molecule has 0 radical (unpaired) electrons. The summed E-state index contributed by atoms with van der Waals surface area (Å²) in [6, 6.07) is 0. The van der Waals surface area contributed by atoms with Crippen LogP contribution in [0.2, 0.25) is 0 Å². The van der Waals surface area contributed by atoms with Gasteiger partial charge in [-0.05, 0) is 0 Å². The summed E-state index contributed by atoms with van der Waals surface area (Å²) in [4.78, 5) is 15.4. The number of nitrogens with one attached hydrogen (secondary N) is 2. The molecule has 0 spiro atoms. The molecule has 0 heterocycles. The number of carboxylic acid groups (broad SMARTS) is 1. The molecule has 0 rings (SSSR count). The average molecular weight is 233 g/mol. The second-order valence-electron chi connectivity index (χ2n) is 1.04. The molecule has 6 nitrogen and oxygen atoms in total. The zero-order valence-corrected chi connectivity index (χ0v) is 9.28. The third-order valence-electron chi connectivity index (χ3n) is 0.402. The lowest BCUT2D eigenvalue weighted by Gasteiger charge is -1.92. The summed E-state index contributed by atoms with van der Waals surface area (Å²) in [7, 11) is 2.96. The predicted molar refractivity (Wildman–Crippen MR) is 51.1 cm³/mol. The molecular formula is CH7N3O3P4. The summed E-state index contributed by atoms with van der Waals surface area (Å²) in [6.45, 7) is 0. The van der Waals surface area contributed by atoms with Crippen molar-refractivity contribution in [3.8, 4) is 0 Å². The fraction of sp³-hybridized carbons (Fsp3) is 0. The van der Waals surface area contributed by atoms with Crippen LogP contribution in [0, 0.1) is 0 Å². The van der Waals surface area contributed by atoms with Crippen LogP contribution in [0.3, 0.4) is 0 Å². The van der Waals surface area contributed by atoms with Crippen LogP contribution in [0.15, 0.2) is 4.52 Å². The van der Waals surface area contributed by atoms with Crippen molar-refractivity contribution < 1.29 is 14.4 Å². The summed E-state index contributed by atoms with van der Waals surface area (Å²) < 4.78 is 7.82. The highest BCUT2D eigenvalue weighted by Gasteiger charge is 1.91. The summed E-state index contributed by atoms with van der Waals surface area (Å²) >= 11 is 0. The molecule has 64 valence electrons. The van der Waals surface area contributed by atoms with Crippen molar-refractivity contribution in [2.75, 3.05) is 0 Å². The van der Waals surface area contributed by atoms with E-state index < -0.39 is 6.16 Å². The normalized spacial score (nSPS) is 12.5. The maximum atomic E-state index is 9.78. The number of hydrogen-bond acceptors (Lipinski definition) is 4. The van der Waals surface area contributed by atoms with Crippen molar-refractivity contribution in [2.24, 2.45) is 4.52 Å². The lowest BCUT2D eigenvalue weighted by molar-refractivity contribution is 0.151. The van der Waals surface area contributed by atoms with Crippen LogP contribution in [-0.2, 0) is 4.52 Å². The molecule has 11 heavy (non-hydrogen) atoms. The predicted octanol–water partition coefficient (Wildman–Crippen LogP) is 1.71. The number of carbonyl (C=O) groups is 1. The molecule has 0 aromatic carbocycles. The Kier molecular flexibility index (Phi) is 9.13. The van der Waals surface area contributed by atoms with E-state index in [2.05, 4.69) is 28.1 Å². The lowest BCUT2D eigenvalue weighted by Crippen LogP contribution is -1.88. The Labute approximate surface area is 71.3 Å². The fourth-order valence-corrected chi connectivity index (χ4v) is 2.26. The number of rotatable bonds is 5. The minimum Gasteiger partial charge on any atom is -0.450 e. The molecule has 0 aromatic rings. The van der Waals surface area contributed by atoms with Crippen LogP contribution in [0.5, 0.6) is 0 Å². The molecule has 0 aliphatic rings. The van der Waals surface area contributed by atoms with Crippen molar-refractivity contribution in [1.29, 1.82) is 0 Å². The van der Waals surface area contributed by atoms with Crippen LogP contribution >= 0.6 is 35.8 Å². The Morgan fingerprint density at radius 1 is 1.82 bits per heavy atom. The van der Waals surface area contributed by atoms with E-state index in [4.69, 9.17) is 5.11 Å². The van der Waals surface area contributed by atoms with Gasteiger partial charge in [0.05, 0.1) is 0 Å². The third kappa shape index (κ3) is 10.6. The van der Waals surface area contributed by atoms with Gasteiger partial charge < -0.3 is 9.63 Å². The van der Waals surface area contributed by atoms with Crippen molar-refractivity contribution in [1.82, 2.24) is 9.72 Å². The van der Waals surface area contributed by atoms with Gasteiger partial charge in [-0.2, -0.15) is 4.52 Å². The molecule has 0 aliphatic heterocycles. The molecule has 0 fully saturated rings. The first-order chi connectivity index (χ1) is 5.27. The van der Waals surface area contributed by atoms with Crippen molar-refractivity contribution >= 4 is 41.9 Å². The van der Waals surface area contributed by atoms with Gasteiger partial charge in [0, 0.05) is 8.88 Å². The molecule has 0 bridgehead atoms. The van der Waals surface area contributed by atoms with Gasteiger partial charge in [-0.3, -0.25) is 4.86 Å². The second kappa shape index (κ2) is 8.67. The van der Waals surface area contributed by atoms with Gasteiger partial charge in [0.15, 0.2) is 0 Å². The SMILES string of the molecule is O=C(O)OPN=PNPNP. The van der Waals surface area contributed by atoms with Gasteiger partial charge in [0.1, 0.15) is 8.52 Å². The molecule has 3 atom stereocenters. The van der Waals surface area contributed by atoms with Crippen molar-refractivity contribution in [3.63, 3.8) is 0 Å². The van der Waals surface area contributed by atoms with Crippen LogP contribution < -0.4 is 9.72 Å². The summed E-state index contributed by atoms with van der Waals surface area (Å²) in [5, 5.41) is 8.00. The number of nitrogens with zero attached hydrogens (tertiary/aromatic N) is 1. The first kappa shape index (κ1) is 11.6. The Morgan fingerprint density at radius 2 is 2.55 bits per heavy atom. The van der Waals surface area contributed by atoms with E-state index in [1.54, 1.807) is 0 Å². The molecule has 0 aliphatic carbocycles. The maximum absolute atomic E-state index is 9.78. The van der Waals surface area contributed by atoms with Crippen molar-refractivity contribution in [2.45, 2.75) is 0 Å². The van der Waals surface area contributed by atoms with E-state index in [-0.39, 0.29) is 8.96 Å². The summed E-state index contributed by atoms with van der Waals surface area (Å²) in [5.74, 6) is 0. The second-order valence-corrected chi connectivity index (χ2v) is 4.73. The lowest BCUT2D eigenvalue weighted by atomic mass is 11.5. The molecule has 3 unspecified atom stereocenters. The molecule has 0 saturated heterocycles. The monoisotopic (exact) mass is 233 g/mol. The largest absolute Gasteiger partial charge is 0.509 e. The highest BCUT2D eigenvalue weighted by Crippen LogP contribution is 2.20. The Balaban J connectivity index is 3.10. The molecule has 0 saturated carbocycles. The van der Waals surface area contributed by atoms with Gasteiger partial charge in [-0.15, -0.1) is 0 Å². The summed E-state index contributed by atoms with van der Waals surface area (Å²) in [6.07, 6.45) is -1.30. The average Bonchev–Trinajstić information content (AvgIpc) is 1.96. The minimum atomic E-state index is -1.30. The van der Waals surface area contributed by atoms with Gasteiger partial charge in [0.25, 0.3) is 0 Å². The van der Waals surface area contributed by atoms with E-state index in [0.29, 0.717) is 17.4 Å². The van der Waals surface area contributed by atoms with E-state index >= 15 is 0 Å². The Bertz CT molecular complexity index is 141. The van der Waals surface area contributed by atoms with Gasteiger partial charge in [0.2, 0.25) is 8.96 Å². The smallest absolute Gasteiger partial charge is 0.450 e. The topological polar surface area (TPSA) is 83.0 Å². The van der Waals surface area contributed by atoms with Gasteiger partial charge in [-0.1, -0.05) is 9.39 Å². The van der Waals surface area contributed by atoms with Crippen LogP contribution in [0.4, 0.5) is 4.79 Å². The molecule has 0 amide bonds. The Hall–Kier alpha value is 0.580. The minimum absolute atomic E-state index is 0.356. The summed E-state index contributed by atoms with van der Waals surface area (Å²) in [5.41, 5.74) is 0. The first-order valence-corrected chi connectivity index (χ1v) is 5.55. The van der Waals surface area contributed by atoms with Crippen LogP contribution in [0.1, 0.15) is 0 Å². The van der Waals surface area contributed by atoms with Crippen molar-refractivity contribution in [3.05, 3.63) is 0 Å². The zero-order valence-electron chi connectivity index (χ0n) is 5.24. The fourth-order valence-electron chi connectivity index (χ4n) is 0.162. The van der Waals surface area contributed by atoms with E-state index in [0.717, 1.165) is 0 Å². The first-order valence-electron chi connectivity index (χ1n) is 2.27. The van der Waals surface area contributed by atoms with E-state index in [9.17, 15) is 4.79 Å². The standard InChI is InChI=1S/CH7N3O3P4/c5-1(6)7-11-4-10-3-9-2-8/h2,9,11H,8H2,(H,3,4)(H,5,6). The molecule has 10 heteroatoms. The van der Waals surface area contributed by atoms with Crippen LogP contribution in [0.25, 0.3) is 0 Å². The van der Waals surface area contributed by atoms with Gasteiger partial charge in [-0.25, -0.2) is 9.65 Å². The quantitative estimate of drug-likeness (QED) is 0.497. The molecular weight excluding hydrogens is 226 g/mol. The van der Waals surface area contributed by atoms with E-state index in [1.807, 2.05) is 0 Å². The molecule has 0 aromatic heterocycles. The zero-order chi connectivity index (χ0) is 8.53. The van der Waals surface area contributed by atoms with E-state index in [1.165, 1.54) is 0 Å². The van der Waals surface area contributed by atoms with Gasteiger partial charge >= 0.3 is 6.16 Å². The maximum Gasteiger partial charge on any atom is 0.509 e. The van der Waals surface area contributed by atoms with Crippen LogP contribution in [-0.4, -0.2) is 11.3 Å². The Morgan fingerprint density at radius 3 is 3.09 bits per heavy atom. The highest BCUT2D eigenvalue weighted by molar-refractivity contribution is 7.53. The number of hydrogen-bond donors (Lipinski definition) is 3. The third-order valence-corrected chi connectivity index (χ3v) is 2.82.